The molecule has 0 aliphatic rings. The highest BCUT2D eigenvalue weighted by Crippen LogP contribution is 2.18. The third kappa shape index (κ3) is 2.37. The maximum atomic E-state index is 12.9. The average molecular weight is 205 g/mol. The van der Waals surface area contributed by atoms with Crippen LogP contribution in [0.4, 0.5) is 13.2 Å². The number of hydrogen-bond acceptors (Lipinski definition) is 2. The fraction of sp³-hybridized carbons (Fsp3) is 0.444. The maximum absolute atomic E-state index is 12.9. The van der Waals surface area contributed by atoms with Gasteiger partial charge in [-0.3, -0.25) is 0 Å². The standard InChI is InChI=1S/C9H10F3NO/c1-3-5(2)14-9-7(11)4-6(10)8(12)13-9/h4-5H,3H2,1-2H3. The molecule has 1 heterocycles. The van der Waals surface area contributed by atoms with Crippen LogP contribution in [0.15, 0.2) is 6.07 Å². The van der Waals surface area contributed by atoms with Crippen molar-refractivity contribution in [2.75, 3.05) is 0 Å². The van der Waals surface area contributed by atoms with Crippen LogP contribution < -0.4 is 4.74 Å². The SMILES string of the molecule is CCC(C)Oc1nc(F)c(F)cc1F. The van der Waals surface area contributed by atoms with Crippen molar-refractivity contribution in [2.24, 2.45) is 0 Å². The molecule has 5 heteroatoms. The van der Waals surface area contributed by atoms with Crippen LogP contribution in [0.25, 0.3) is 0 Å². The number of aromatic nitrogens is 1. The second-order valence-corrected chi connectivity index (χ2v) is 2.88. The van der Waals surface area contributed by atoms with Crippen molar-refractivity contribution in [3.63, 3.8) is 0 Å². The lowest BCUT2D eigenvalue weighted by molar-refractivity contribution is 0.194. The minimum Gasteiger partial charge on any atom is -0.473 e. The second kappa shape index (κ2) is 4.30. The van der Waals surface area contributed by atoms with Crippen LogP contribution in [0, 0.1) is 17.6 Å². The highest BCUT2D eigenvalue weighted by Gasteiger charge is 2.14. The van der Waals surface area contributed by atoms with Crippen molar-refractivity contribution in [1.29, 1.82) is 0 Å². The summed E-state index contributed by atoms with van der Waals surface area (Å²) in [6.45, 7) is 3.50. The summed E-state index contributed by atoms with van der Waals surface area (Å²) in [6, 6.07) is 0.417. The molecule has 0 saturated heterocycles. The van der Waals surface area contributed by atoms with E-state index in [0.29, 0.717) is 12.5 Å². The van der Waals surface area contributed by atoms with Gasteiger partial charge in [0.1, 0.15) is 0 Å². The van der Waals surface area contributed by atoms with Gasteiger partial charge in [-0.05, 0) is 13.3 Å². The summed E-state index contributed by atoms with van der Waals surface area (Å²) >= 11 is 0. The van der Waals surface area contributed by atoms with Crippen molar-refractivity contribution in [2.45, 2.75) is 26.4 Å². The van der Waals surface area contributed by atoms with Crippen LogP contribution in [0.3, 0.4) is 0 Å². The van der Waals surface area contributed by atoms with E-state index in [1.165, 1.54) is 0 Å². The van der Waals surface area contributed by atoms with E-state index in [1.807, 2.05) is 6.92 Å². The fourth-order valence-corrected chi connectivity index (χ4v) is 0.785. The topological polar surface area (TPSA) is 22.1 Å². The molecule has 0 saturated carbocycles. The minimum absolute atomic E-state index is 0.290. The van der Waals surface area contributed by atoms with E-state index in [1.54, 1.807) is 6.92 Å². The van der Waals surface area contributed by atoms with Crippen LogP contribution in [0.5, 0.6) is 5.88 Å². The van der Waals surface area contributed by atoms with E-state index in [-0.39, 0.29) is 6.10 Å². The van der Waals surface area contributed by atoms with Gasteiger partial charge in [0.15, 0.2) is 11.6 Å². The molecule has 0 radical (unpaired) electrons. The zero-order valence-corrected chi connectivity index (χ0v) is 7.85. The smallest absolute Gasteiger partial charge is 0.253 e. The Balaban J connectivity index is 2.92. The van der Waals surface area contributed by atoms with Gasteiger partial charge in [0.25, 0.3) is 11.8 Å². The Morgan fingerprint density at radius 2 is 2.00 bits per heavy atom. The third-order valence-electron chi connectivity index (χ3n) is 1.74. The first-order chi connectivity index (χ1) is 6.54. The summed E-state index contributed by atoms with van der Waals surface area (Å²) in [5.41, 5.74) is 0. The van der Waals surface area contributed by atoms with Gasteiger partial charge < -0.3 is 4.74 Å². The maximum Gasteiger partial charge on any atom is 0.253 e. The van der Waals surface area contributed by atoms with Crippen LogP contribution >= 0.6 is 0 Å². The number of hydrogen-bond donors (Lipinski definition) is 0. The Morgan fingerprint density at radius 3 is 2.57 bits per heavy atom. The molecule has 78 valence electrons. The van der Waals surface area contributed by atoms with Gasteiger partial charge in [-0.1, -0.05) is 6.92 Å². The Labute approximate surface area is 79.7 Å². The molecule has 1 aromatic rings. The summed E-state index contributed by atoms with van der Waals surface area (Å²) in [4.78, 5) is 3.02. The van der Waals surface area contributed by atoms with Crippen molar-refractivity contribution < 1.29 is 17.9 Å². The zero-order valence-electron chi connectivity index (χ0n) is 7.85. The number of halogens is 3. The van der Waals surface area contributed by atoms with Crippen LogP contribution in [-0.4, -0.2) is 11.1 Å². The van der Waals surface area contributed by atoms with Gasteiger partial charge >= 0.3 is 0 Å². The van der Waals surface area contributed by atoms with E-state index >= 15 is 0 Å². The summed E-state index contributed by atoms with van der Waals surface area (Å²) in [6.07, 6.45) is 0.335. The Kier molecular flexibility index (Phi) is 3.33. The van der Waals surface area contributed by atoms with Gasteiger partial charge in [-0.15, -0.1) is 0 Å². The van der Waals surface area contributed by atoms with Crippen molar-refractivity contribution in [1.82, 2.24) is 4.98 Å². The molecule has 14 heavy (non-hydrogen) atoms. The van der Waals surface area contributed by atoms with Gasteiger partial charge in [0.2, 0.25) is 0 Å². The van der Waals surface area contributed by atoms with Crippen LogP contribution in [0.1, 0.15) is 20.3 Å². The summed E-state index contributed by atoms with van der Waals surface area (Å²) < 4.78 is 42.9. The number of rotatable bonds is 3. The lowest BCUT2D eigenvalue weighted by Gasteiger charge is -2.11. The molecule has 1 atom stereocenters. The molecule has 0 aliphatic heterocycles. The predicted octanol–water partition coefficient (Wildman–Crippen LogP) is 2.68. The second-order valence-electron chi connectivity index (χ2n) is 2.88. The molecule has 0 spiro atoms. The predicted molar refractivity (Wildman–Crippen MR) is 44.5 cm³/mol. The third-order valence-corrected chi connectivity index (χ3v) is 1.74. The Morgan fingerprint density at radius 1 is 1.36 bits per heavy atom. The molecular weight excluding hydrogens is 195 g/mol. The lowest BCUT2D eigenvalue weighted by Crippen LogP contribution is -2.13. The summed E-state index contributed by atoms with van der Waals surface area (Å²) in [5.74, 6) is -4.17. The number of pyridine rings is 1. The molecule has 1 aromatic heterocycles. The molecule has 0 aliphatic carbocycles. The number of ether oxygens (including phenoxy) is 1. The molecule has 0 N–H and O–H groups in total. The minimum atomic E-state index is -1.36. The quantitative estimate of drug-likeness (QED) is 0.708. The molecular formula is C9H10F3NO. The van der Waals surface area contributed by atoms with Gasteiger partial charge in [-0.2, -0.15) is 9.37 Å². The normalized spacial score (nSPS) is 12.6. The van der Waals surface area contributed by atoms with Crippen molar-refractivity contribution in [3.8, 4) is 5.88 Å². The van der Waals surface area contributed by atoms with Crippen molar-refractivity contribution >= 4 is 0 Å². The van der Waals surface area contributed by atoms with Crippen molar-refractivity contribution in [3.05, 3.63) is 23.6 Å². The van der Waals surface area contributed by atoms with Gasteiger partial charge in [0, 0.05) is 6.07 Å². The first-order valence-electron chi connectivity index (χ1n) is 4.22. The monoisotopic (exact) mass is 205 g/mol. The van der Waals surface area contributed by atoms with E-state index in [9.17, 15) is 13.2 Å². The molecule has 0 bridgehead atoms. The Bertz CT molecular complexity index is 330. The Hall–Kier alpha value is -1.26. The highest BCUT2D eigenvalue weighted by atomic mass is 19.2. The van der Waals surface area contributed by atoms with E-state index in [4.69, 9.17) is 4.74 Å². The average Bonchev–Trinajstić information content (AvgIpc) is 2.14. The van der Waals surface area contributed by atoms with Crippen LogP contribution in [0.2, 0.25) is 0 Å². The first kappa shape index (κ1) is 10.8. The number of nitrogens with zero attached hydrogens (tertiary/aromatic N) is 1. The zero-order chi connectivity index (χ0) is 10.7. The molecule has 0 aromatic carbocycles. The summed E-state index contributed by atoms with van der Waals surface area (Å²) in [5, 5.41) is 0. The lowest BCUT2D eigenvalue weighted by atomic mass is 10.3. The summed E-state index contributed by atoms with van der Waals surface area (Å²) in [7, 11) is 0. The van der Waals surface area contributed by atoms with Crippen LogP contribution in [-0.2, 0) is 0 Å². The van der Waals surface area contributed by atoms with E-state index < -0.39 is 23.5 Å². The first-order valence-corrected chi connectivity index (χ1v) is 4.22. The molecule has 2 nitrogen and oxygen atoms in total. The molecule has 0 amide bonds. The van der Waals surface area contributed by atoms with Gasteiger partial charge in [0.05, 0.1) is 6.10 Å². The fourth-order valence-electron chi connectivity index (χ4n) is 0.785. The molecule has 0 fully saturated rings. The molecule has 1 unspecified atom stereocenters. The van der Waals surface area contributed by atoms with E-state index in [2.05, 4.69) is 4.98 Å². The highest BCUT2D eigenvalue weighted by molar-refractivity contribution is 5.15. The van der Waals surface area contributed by atoms with E-state index in [0.717, 1.165) is 0 Å². The van der Waals surface area contributed by atoms with Gasteiger partial charge in [-0.25, -0.2) is 8.78 Å². The molecule has 1 rings (SSSR count). The largest absolute Gasteiger partial charge is 0.473 e.